The molecule has 0 bridgehead atoms. The van der Waals surface area contributed by atoms with Crippen molar-refractivity contribution in [2.24, 2.45) is 0 Å². The molecule has 17 heavy (non-hydrogen) atoms. The van der Waals surface area contributed by atoms with Crippen LogP contribution in [0.2, 0.25) is 0 Å². The van der Waals surface area contributed by atoms with Gasteiger partial charge in [-0.1, -0.05) is 36.4 Å². The van der Waals surface area contributed by atoms with E-state index in [1.807, 2.05) is 48.5 Å². The molecule has 2 aromatic rings. The van der Waals surface area contributed by atoms with Gasteiger partial charge in [0.15, 0.2) is 11.5 Å². The van der Waals surface area contributed by atoms with E-state index in [9.17, 15) is 0 Å². The molecular weight excluding hydrogens is 236 g/mol. The summed E-state index contributed by atoms with van der Waals surface area (Å²) in [4.78, 5) is 0. The molecule has 0 amide bonds. The van der Waals surface area contributed by atoms with Crippen LogP contribution >= 0.6 is 11.6 Å². The van der Waals surface area contributed by atoms with Crippen molar-refractivity contribution >= 4 is 11.6 Å². The van der Waals surface area contributed by atoms with E-state index in [1.54, 1.807) is 0 Å². The highest BCUT2D eigenvalue weighted by molar-refractivity contribution is 6.17. The maximum Gasteiger partial charge on any atom is 0.267 e. The highest BCUT2D eigenvalue weighted by Crippen LogP contribution is 2.40. The molecule has 0 spiro atoms. The molecular formula is C14H11ClO2. The first-order chi connectivity index (χ1) is 8.36. The number of hydrogen-bond acceptors (Lipinski definition) is 2. The number of ether oxygens (including phenoxy) is 2. The summed E-state index contributed by atoms with van der Waals surface area (Å²) in [6.45, 7) is 0. The quantitative estimate of drug-likeness (QED) is 0.749. The molecule has 0 saturated heterocycles. The Morgan fingerprint density at radius 1 is 0.941 bits per heavy atom. The van der Waals surface area contributed by atoms with Crippen molar-refractivity contribution in [2.45, 2.75) is 12.2 Å². The highest BCUT2D eigenvalue weighted by atomic mass is 35.5. The van der Waals surface area contributed by atoms with Gasteiger partial charge in [0.05, 0.1) is 0 Å². The van der Waals surface area contributed by atoms with Gasteiger partial charge in [-0.05, 0) is 17.7 Å². The average molecular weight is 247 g/mol. The fourth-order valence-corrected chi connectivity index (χ4v) is 1.99. The van der Waals surface area contributed by atoms with E-state index in [0.29, 0.717) is 5.88 Å². The van der Waals surface area contributed by atoms with E-state index >= 15 is 0 Å². The van der Waals surface area contributed by atoms with Gasteiger partial charge in [0.1, 0.15) is 0 Å². The lowest BCUT2D eigenvalue weighted by atomic mass is 10.2. The van der Waals surface area contributed by atoms with Crippen molar-refractivity contribution in [1.29, 1.82) is 0 Å². The van der Waals surface area contributed by atoms with E-state index in [-0.39, 0.29) is 6.29 Å². The molecule has 0 aromatic heterocycles. The summed E-state index contributed by atoms with van der Waals surface area (Å²) in [7, 11) is 0. The van der Waals surface area contributed by atoms with Crippen LogP contribution in [-0.2, 0) is 5.88 Å². The van der Waals surface area contributed by atoms with Crippen LogP contribution in [0.5, 0.6) is 11.5 Å². The third-order valence-electron chi connectivity index (χ3n) is 2.70. The number of alkyl halides is 1. The van der Waals surface area contributed by atoms with Crippen LogP contribution in [0.1, 0.15) is 17.4 Å². The van der Waals surface area contributed by atoms with E-state index in [0.717, 1.165) is 22.6 Å². The zero-order chi connectivity index (χ0) is 11.7. The summed E-state index contributed by atoms with van der Waals surface area (Å²) in [5.41, 5.74) is 2.04. The molecule has 1 atom stereocenters. The van der Waals surface area contributed by atoms with E-state index in [2.05, 4.69) is 0 Å². The molecule has 0 radical (unpaired) electrons. The molecule has 1 unspecified atom stereocenters. The van der Waals surface area contributed by atoms with Crippen molar-refractivity contribution in [2.75, 3.05) is 0 Å². The zero-order valence-electron chi connectivity index (χ0n) is 9.10. The van der Waals surface area contributed by atoms with Crippen molar-refractivity contribution in [3.8, 4) is 11.5 Å². The fraction of sp³-hybridized carbons (Fsp3) is 0.143. The number of hydrogen-bond donors (Lipinski definition) is 0. The monoisotopic (exact) mass is 246 g/mol. The molecule has 3 rings (SSSR count). The standard InChI is InChI=1S/C14H11ClO2/c15-9-10-6-7-12-13(8-10)17-14(16-12)11-4-2-1-3-5-11/h1-8,14H,9H2. The van der Waals surface area contributed by atoms with Gasteiger partial charge >= 0.3 is 0 Å². The van der Waals surface area contributed by atoms with Crippen molar-refractivity contribution < 1.29 is 9.47 Å². The summed E-state index contributed by atoms with van der Waals surface area (Å²) in [6, 6.07) is 15.6. The predicted octanol–water partition coefficient (Wildman–Crippen LogP) is 3.90. The SMILES string of the molecule is ClCc1ccc2c(c1)OC(c1ccccc1)O2. The summed E-state index contributed by atoms with van der Waals surface area (Å²) in [6.07, 6.45) is -0.350. The molecule has 1 aliphatic rings. The molecule has 1 aliphatic heterocycles. The first-order valence-corrected chi connectivity index (χ1v) is 5.97. The second-order valence-corrected chi connectivity index (χ2v) is 4.16. The number of rotatable bonds is 2. The van der Waals surface area contributed by atoms with Crippen LogP contribution in [0, 0.1) is 0 Å². The van der Waals surface area contributed by atoms with Gasteiger partial charge in [-0.25, -0.2) is 0 Å². The van der Waals surface area contributed by atoms with Crippen LogP contribution in [0.25, 0.3) is 0 Å². The van der Waals surface area contributed by atoms with Crippen molar-refractivity contribution in [3.05, 3.63) is 59.7 Å². The fourth-order valence-electron chi connectivity index (χ4n) is 1.83. The van der Waals surface area contributed by atoms with E-state index < -0.39 is 0 Å². The van der Waals surface area contributed by atoms with Crippen LogP contribution in [0.15, 0.2) is 48.5 Å². The van der Waals surface area contributed by atoms with Gasteiger partial charge in [-0.3, -0.25) is 0 Å². The summed E-state index contributed by atoms with van der Waals surface area (Å²) in [5, 5.41) is 0. The normalized spacial score (nSPS) is 17.1. The van der Waals surface area contributed by atoms with E-state index in [4.69, 9.17) is 21.1 Å². The largest absolute Gasteiger partial charge is 0.447 e. The molecule has 3 heteroatoms. The second kappa shape index (κ2) is 4.30. The minimum absolute atomic E-state index is 0.350. The third-order valence-corrected chi connectivity index (χ3v) is 3.01. The Morgan fingerprint density at radius 3 is 2.47 bits per heavy atom. The number of fused-ring (bicyclic) bond motifs is 1. The van der Waals surface area contributed by atoms with Gasteiger partial charge in [-0.15, -0.1) is 11.6 Å². The highest BCUT2D eigenvalue weighted by Gasteiger charge is 2.25. The molecule has 1 heterocycles. The number of benzene rings is 2. The lowest BCUT2D eigenvalue weighted by molar-refractivity contribution is 0.0487. The first kappa shape index (κ1) is 10.5. The van der Waals surface area contributed by atoms with Crippen LogP contribution in [0.3, 0.4) is 0 Å². The average Bonchev–Trinajstić information content (AvgIpc) is 2.82. The lowest BCUT2D eigenvalue weighted by Crippen LogP contribution is -2.07. The summed E-state index contributed by atoms with van der Waals surface area (Å²) < 4.78 is 11.5. The van der Waals surface area contributed by atoms with Gasteiger partial charge < -0.3 is 9.47 Å². The Hall–Kier alpha value is -1.67. The summed E-state index contributed by atoms with van der Waals surface area (Å²) >= 11 is 5.79. The topological polar surface area (TPSA) is 18.5 Å². The van der Waals surface area contributed by atoms with E-state index in [1.165, 1.54) is 0 Å². The maximum atomic E-state index is 5.79. The van der Waals surface area contributed by atoms with Crippen LogP contribution in [0.4, 0.5) is 0 Å². The third kappa shape index (κ3) is 1.96. The summed E-state index contributed by atoms with van der Waals surface area (Å²) in [5.74, 6) is 2.01. The molecule has 2 nitrogen and oxygen atoms in total. The Kier molecular flexibility index (Phi) is 2.65. The second-order valence-electron chi connectivity index (χ2n) is 3.89. The Morgan fingerprint density at radius 2 is 1.71 bits per heavy atom. The van der Waals surface area contributed by atoms with Crippen LogP contribution < -0.4 is 9.47 Å². The van der Waals surface area contributed by atoms with Gasteiger partial charge in [-0.2, -0.15) is 0 Å². The lowest BCUT2D eigenvalue weighted by Gasteiger charge is -2.09. The Balaban J connectivity index is 1.88. The smallest absolute Gasteiger partial charge is 0.267 e. The Bertz CT molecular complexity index is 525. The molecule has 0 saturated carbocycles. The van der Waals surface area contributed by atoms with Crippen LogP contribution in [-0.4, -0.2) is 0 Å². The van der Waals surface area contributed by atoms with Gasteiger partial charge in [0, 0.05) is 11.4 Å². The molecule has 86 valence electrons. The maximum absolute atomic E-state index is 5.79. The Labute approximate surface area is 105 Å². The first-order valence-electron chi connectivity index (χ1n) is 5.44. The minimum atomic E-state index is -0.350. The van der Waals surface area contributed by atoms with Crippen molar-refractivity contribution in [1.82, 2.24) is 0 Å². The van der Waals surface area contributed by atoms with Gasteiger partial charge in [0.25, 0.3) is 6.29 Å². The van der Waals surface area contributed by atoms with Gasteiger partial charge in [0.2, 0.25) is 0 Å². The minimum Gasteiger partial charge on any atom is -0.447 e. The molecule has 0 aliphatic carbocycles. The molecule has 0 fully saturated rings. The van der Waals surface area contributed by atoms with Crippen molar-refractivity contribution in [3.63, 3.8) is 0 Å². The number of halogens is 1. The molecule has 2 aromatic carbocycles. The zero-order valence-corrected chi connectivity index (χ0v) is 9.85. The predicted molar refractivity (Wildman–Crippen MR) is 66.4 cm³/mol. The molecule has 0 N–H and O–H groups in total.